The smallest absolute Gasteiger partial charge is 0.416 e. The molecule has 0 atom stereocenters. The number of nitrogens with zero attached hydrogens (tertiary/aromatic N) is 4. The van der Waals surface area contributed by atoms with Gasteiger partial charge >= 0.3 is 6.18 Å². The van der Waals surface area contributed by atoms with Crippen molar-refractivity contribution in [2.24, 2.45) is 0 Å². The number of halogens is 3. The molecule has 8 nitrogen and oxygen atoms in total. The van der Waals surface area contributed by atoms with Crippen LogP contribution in [0.4, 0.5) is 24.8 Å². The quantitative estimate of drug-likeness (QED) is 0.209. The zero-order chi connectivity index (χ0) is 32.3. The number of piperidine rings is 1. The second-order valence-corrected chi connectivity index (χ2v) is 12.3. The van der Waals surface area contributed by atoms with E-state index < -0.39 is 17.6 Å². The number of nitrogens with one attached hydrogen (secondary N) is 2. The predicted molar refractivity (Wildman–Crippen MR) is 174 cm³/mol. The van der Waals surface area contributed by atoms with Crippen LogP contribution in [-0.2, 0) is 6.18 Å². The summed E-state index contributed by atoms with van der Waals surface area (Å²) in [6, 6.07) is 14.3. The van der Waals surface area contributed by atoms with Crippen molar-refractivity contribution in [3.63, 3.8) is 0 Å². The van der Waals surface area contributed by atoms with E-state index in [9.17, 15) is 18.0 Å². The van der Waals surface area contributed by atoms with Crippen molar-refractivity contribution in [3.8, 4) is 16.9 Å². The molecule has 0 radical (unpaired) electrons. The van der Waals surface area contributed by atoms with Gasteiger partial charge < -0.3 is 25.2 Å². The van der Waals surface area contributed by atoms with Gasteiger partial charge in [-0.05, 0) is 112 Å². The van der Waals surface area contributed by atoms with Crippen LogP contribution in [-0.4, -0.2) is 78.1 Å². The molecule has 6 rings (SSSR count). The molecule has 3 heterocycles. The summed E-state index contributed by atoms with van der Waals surface area (Å²) in [6.45, 7) is 7.64. The highest BCUT2D eigenvalue weighted by atomic mass is 19.4. The number of carbonyl (C=O) groups is 1. The van der Waals surface area contributed by atoms with Gasteiger partial charge in [-0.2, -0.15) is 13.2 Å². The summed E-state index contributed by atoms with van der Waals surface area (Å²) >= 11 is 0. The molecule has 46 heavy (non-hydrogen) atoms. The summed E-state index contributed by atoms with van der Waals surface area (Å²) in [5.74, 6) is 0.285. The summed E-state index contributed by atoms with van der Waals surface area (Å²) < 4.78 is 47.0. The molecule has 0 spiro atoms. The average molecular weight is 633 g/mol. The summed E-state index contributed by atoms with van der Waals surface area (Å²) in [5.41, 5.74) is 2.91. The number of benzene rings is 3. The largest absolute Gasteiger partial charge is 0.488 e. The molecule has 4 aromatic rings. The molecule has 11 heteroatoms. The molecule has 242 valence electrons. The number of anilines is 2. The van der Waals surface area contributed by atoms with E-state index in [4.69, 9.17) is 4.74 Å². The molecule has 2 N–H and O–H groups in total. The minimum atomic E-state index is -4.56. The monoisotopic (exact) mass is 632 g/mol. The number of fused-ring (bicyclic) bond motifs is 1. The molecule has 0 unspecified atom stereocenters. The maximum absolute atomic E-state index is 13.6. The SMILES string of the molecule is Cc1ccc(C(=O)Nc2cc(C(F)(F)F)ccc2OC2CCN(C)CC2)cc1-c1ccc2nc(NCCN3CCCC3)ncc2c1. The van der Waals surface area contributed by atoms with Crippen LogP contribution in [0.2, 0.25) is 0 Å². The first-order valence-corrected chi connectivity index (χ1v) is 15.8. The Hall–Kier alpha value is -4.22. The van der Waals surface area contributed by atoms with Gasteiger partial charge in [-0.15, -0.1) is 0 Å². The van der Waals surface area contributed by atoms with Crippen LogP contribution < -0.4 is 15.4 Å². The molecule has 0 bridgehead atoms. The Bertz CT molecular complexity index is 1700. The van der Waals surface area contributed by atoms with Gasteiger partial charge in [0.05, 0.1) is 16.8 Å². The molecule has 2 aliphatic heterocycles. The van der Waals surface area contributed by atoms with Gasteiger partial charge in [-0.1, -0.05) is 12.1 Å². The number of likely N-dealkylation sites (tertiary alicyclic amines) is 2. The molecular weight excluding hydrogens is 593 g/mol. The standard InChI is InChI=1S/C35H39F3N6O2/c1-23-5-6-25(33(45)41-31-21-27(35(36,37)38)8-10-32(31)46-28-11-16-43(2)17-12-28)20-29(23)24-7-9-30-26(19-24)22-40-34(42-30)39-13-18-44-14-3-4-15-44/h5-10,19-22,28H,3-4,11-18H2,1-2H3,(H,41,45)(H,39,40,42). The van der Waals surface area contributed by atoms with Gasteiger partial charge in [-0.25, -0.2) is 9.97 Å². The minimum Gasteiger partial charge on any atom is -0.488 e. The van der Waals surface area contributed by atoms with E-state index in [1.165, 1.54) is 18.9 Å². The van der Waals surface area contributed by atoms with E-state index in [0.717, 1.165) is 91.8 Å². The molecular formula is C35H39F3N6O2. The first kappa shape index (κ1) is 31.7. The maximum atomic E-state index is 13.6. The van der Waals surface area contributed by atoms with Crippen molar-refractivity contribution in [2.75, 3.05) is 56.9 Å². The summed E-state index contributed by atoms with van der Waals surface area (Å²) in [6.07, 6.45) is 1.09. The molecule has 0 aliphatic carbocycles. The summed E-state index contributed by atoms with van der Waals surface area (Å²) in [5, 5.41) is 6.88. The third-order valence-corrected chi connectivity index (χ3v) is 8.81. The minimum absolute atomic E-state index is 0.00595. The lowest BCUT2D eigenvalue weighted by Gasteiger charge is -2.30. The maximum Gasteiger partial charge on any atom is 0.416 e. The van der Waals surface area contributed by atoms with Crippen molar-refractivity contribution in [1.29, 1.82) is 0 Å². The second kappa shape index (κ2) is 13.6. The predicted octanol–water partition coefficient (Wildman–Crippen LogP) is 6.86. The number of ether oxygens (including phenoxy) is 1. The normalized spacial score (nSPS) is 16.5. The zero-order valence-corrected chi connectivity index (χ0v) is 26.2. The highest BCUT2D eigenvalue weighted by Crippen LogP contribution is 2.37. The van der Waals surface area contributed by atoms with Crippen LogP contribution in [0.3, 0.4) is 0 Å². The molecule has 1 amide bonds. The van der Waals surface area contributed by atoms with E-state index in [1.807, 2.05) is 38.2 Å². The number of aryl methyl sites for hydroxylation is 1. The van der Waals surface area contributed by atoms with Crippen LogP contribution >= 0.6 is 0 Å². The Morgan fingerprint density at radius 1 is 1.00 bits per heavy atom. The van der Waals surface area contributed by atoms with Crippen LogP contribution in [0, 0.1) is 6.92 Å². The number of alkyl halides is 3. The lowest BCUT2D eigenvalue weighted by Crippen LogP contribution is -2.35. The van der Waals surface area contributed by atoms with Crippen LogP contribution in [0.1, 0.15) is 47.2 Å². The van der Waals surface area contributed by atoms with Gasteiger partial charge in [0, 0.05) is 43.3 Å². The fraction of sp³-hybridized carbons (Fsp3) is 0.400. The van der Waals surface area contributed by atoms with E-state index in [1.54, 1.807) is 18.3 Å². The van der Waals surface area contributed by atoms with E-state index in [0.29, 0.717) is 11.5 Å². The van der Waals surface area contributed by atoms with E-state index >= 15 is 0 Å². The Morgan fingerprint density at radius 2 is 1.78 bits per heavy atom. The lowest BCUT2D eigenvalue weighted by molar-refractivity contribution is -0.137. The van der Waals surface area contributed by atoms with Crippen LogP contribution in [0.5, 0.6) is 5.75 Å². The molecule has 0 saturated carbocycles. The van der Waals surface area contributed by atoms with Crippen molar-refractivity contribution < 1.29 is 22.7 Å². The Morgan fingerprint density at radius 3 is 2.54 bits per heavy atom. The third kappa shape index (κ3) is 7.59. The van der Waals surface area contributed by atoms with Crippen molar-refractivity contribution in [1.82, 2.24) is 19.8 Å². The van der Waals surface area contributed by atoms with Crippen molar-refractivity contribution >= 4 is 28.4 Å². The highest BCUT2D eigenvalue weighted by molar-refractivity contribution is 6.06. The van der Waals surface area contributed by atoms with Crippen LogP contribution in [0.15, 0.2) is 60.8 Å². The highest BCUT2D eigenvalue weighted by Gasteiger charge is 2.32. The first-order valence-electron chi connectivity index (χ1n) is 15.8. The second-order valence-electron chi connectivity index (χ2n) is 12.3. The number of hydrogen-bond donors (Lipinski definition) is 2. The van der Waals surface area contributed by atoms with E-state index in [2.05, 4.69) is 30.4 Å². The molecule has 2 fully saturated rings. The topological polar surface area (TPSA) is 82.6 Å². The molecule has 3 aromatic carbocycles. The number of rotatable bonds is 9. The Balaban J connectivity index is 1.20. The fourth-order valence-electron chi connectivity index (χ4n) is 6.08. The number of aromatic nitrogens is 2. The molecule has 1 aromatic heterocycles. The van der Waals surface area contributed by atoms with E-state index in [-0.39, 0.29) is 17.5 Å². The first-order chi connectivity index (χ1) is 22.1. The lowest BCUT2D eigenvalue weighted by atomic mass is 9.97. The Labute approximate surface area is 267 Å². The number of carbonyl (C=O) groups excluding carboxylic acids is 1. The zero-order valence-electron chi connectivity index (χ0n) is 26.2. The third-order valence-electron chi connectivity index (χ3n) is 8.81. The van der Waals surface area contributed by atoms with Gasteiger partial charge in [0.15, 0.2) is 0 Å². The van der Waals surface area contributed by atoms with Crippen LogP contribution in [0.25, 0.3) is 22.0 Å². The van der Waals surface area contributed by atoms with Crippen molar-refractivity contribution in [3.05, 3.63) is 77.5 Å². The van der Waals surface area contributed by atoms with Gasteiger partial charge in [0.1, 0.15) is 11.9 Å². The van der Waals surface area contributed by atoms with Gasteiger partial charge in [0.25, 0.3) is 5.91 Å². The average Bonchev–Trinajstić information content (AvgIpc) is 3.56. The molecule has 2 saturated heterocycles. The van der Waals surface area contributed by atoms with Gasteiger partial charge in [0.2, 0.25) is 5.95 Å². The number of amides is 1. The van der Waals surface area contributed by atoms with Gasteiger partial charge in [-0.3, -0.25) is 4.79 Å². The number of hydrogen-bond acceptors (Lipinski definition) is 7. The Kier molecular flexibility index (Phi) is 9.42. The summed E-state index contributed by atoms with van der Waals surface area (Å²) in [7, 11) is 2.02. The van der Waals surface area contributed by atoms with Crippen molar-refractivity contribution in [2.45, 2.75) is 44.9 Å². The molecule has 2 aliphatic rings. The summed E-state index contributed by atoms with van der Waals surface area (Å²) in [4.78, 5) is 27.3. The fourth-order valence-corrected chi connectivity index (χ4v) is 6.08.